The first-order valence-electron chi connectivity index (χ1n) is 5.17. The lowest BCUT2D eigenvalue weighted by Crippen LogP contribution is -2.14. The molecule has 1 amide bonds. The van der Waals surface area contributed by atoms with Crippen LogP contribution in [0.2, 0.25) is 0 Å². The Morgan fingerprint density at radius 3 is 2.78 bits per heavy atom. The standard InChI is InChI=1S/C11H11BrN4OS/c1-6-3-8(13-2)7(4-14-6)10(17)16-11-15-5-9(12)18-11/h3-5H,1-2H3,(H,13,14)(H,15,16,17). The van der Waals surface area contributed by atoms with Crippen molar-refractivity contribution in [1.82, 2.24) is 9.97 Å². The maximum atomic E-state index is 12.1. The third-order valence-corrected chi connectivity index (χ3v) is 3.64. The summed E-state index contributed by atoms with van der Waals surface area (Å²) in [6, 6.07) is 1.83. The predicted molar refractivity (Wildman–Crippen MR) is 76.3 cm³/mol. The first-order valence-corrected chi connectivity index (χ1v) is 6.78. The van der Waals surface area contributed by atoms with Crippen molar-refractivity contribution in [2.45, 2.75) is 6.92 Å². The quantitative estimate of drug-likeness (QED) is 0.910. The number of aromatic nitrogens is 2. The van der Waals surface area contributed by atoms with Gasteiger partial charge in [-0.2, -0.15) is 0 Å². The maximum Gasteiger partial charge on any atom is 0.261 e. The van der Waals surface area contributed by atoms with Gasteiger partial charge in [0.1, 0.15) is 0 Å². The highest BCUT2D eigenvalue weighted by Crippen LogP contribution is 2.24. The summed E-state index contributed by atoms with van der Waals surface area (Å²) in [7, 11) is 1.77. The molecule has 0 radical (unpaired) electrons. The zero-order valence-electron chi connectivity index (χ0n) is 9.82. The second-order valence-electron chi connectivity index (χ2n) is 3.54. The van der Waals surface area contributed by atoms with E-state index in [4.69, 9.17) is 0 Å². The minimum atomic E-state index is -0.228. The van der Waals surface area contributed by atoms with Gasteiger partial charge in [0, 0.05) is 18.9 Å². The summed E-state index contributed by atoms with van der Waals surface area (Å²) in [5, 5.41) is 6.26. The topological polar surface area (TPSA) is 66.9 Å². The molecule has 5 nitrogen and oxygen atoms in total. The molecule has 0 aromatic carbocycles. The molecule has 0 unspecified atom stereocenters. The molecule has 94 valence electrons. The Balaban J connectivity index is 2.23. The minimum Gasteiger partial charge on any atom is -0.387 e. The van der Waals surface area contributed by atoms with Crippen LogP contribution in [0.3, 0.4) is 0 Å². The maximum absolute atomic E-state index is 12.1. The molecule has 0 saturated heterocycles. The Hall–Kier alpha value is -1.47. The lowest BCUT2D eigenvalue weighted by Gasteiger charge is -2.08. The number of hydrogen-bond acceptors (Lipinski definition) is 5. The number of pyridine rings is 1. The summed E-state index contributed by atoms with van der Waals surface area (Å²) in [6.07, 6.45) is 3.20. The van der Waals surface area contributed by atoms with E-state index < -0.39 is 0 Å². The van der Waals surface area contributed by atoms with Gasteiger partial charge in [-0.25, -0.2) is 4.98 Å². The lowest BCUT2D eigenvalue weighted by molar-refractivity contribution is 0.102. The fraction of sp³-hybridized carbons (Fsp3) is 0.182. The molecule has 0 bridgehead atoms. The summed E-state index contributed by atoms with van der Waals surface area (Å²) < 4.78 is 0.869. The normalized spacial score (nSPS) is 10.2. The van der Waals surface area contributed by atoms with Gasteiger partial charge in [0.25, 0.3) is 5.91 Å². The van der Waals surface area contributed by atoms with Crippen molar-refractivity contribution >= 4 is 44.0 Å². The number of hydrogen-bond donors (Lipinski definition) is 2. The largest absolute Gasteiger partial charge is 0.387 e. The lowest BCUT2D eigenvalue weighted by atomic mass is 10.2. The molecule has 7 heteroatoms. The van der Waals surface area contributed by atoms with Gasteiger partial charge in [0.05, 0.1) is 21.2 Å². The summed E-state index contributed by atoms with van der Waals surface area (Å²) in [5.74, 6) is -0.228. The van der Waals surface area contributed by atoms with Gasteiger partial charge >= 0.3 is 0 Å². The van der Waals surface area contributed by atoms with Crippen molar-refractivity contribution in [3.8, 4) is 0 Å². The van der Waals surface area contributed by atoms with Gasteiger partial charge in [0.15, 0.2) is 5.13 Å². The number of anilines is 2. The van der Waals surface area contributed by atoms with Gasteiger partial charge in [-0.1, -0.05) is 11.3 Å². The van der Waals surface area contributed by atoms with Crippen LogP contribution in [0.25, 0.3) is 0 Å². The van der Waals surface area contributed by atoms with Crippen LogP contribution in [0.5, 0.6) is 0 Å². The van der Waals surface area contributed by atoms with E-state index in [-0.39, 0.29) is 5.91 Å². The average molecular weight is 327 g/mol. The molecule has 2 aromatic rings. The Bertz CT molecular complexity index is 584. The number of thiazole rings is 1. The zero-order valence-corrected chi connectivity index (χ0v) is 12.2. The molecule has 2 heterocycles. The van der Waals surface area contributed by atoms with E-state index in [2.05, 4.69) is 36.5 Å². The monoisotopic (exact) mass is 326 g/mol. The summed E-state index contributed by atoms with van der Waals surface area (Å²) >= 11 is 4.66. The highest BCUT2D eigenvalue weighted by Gasteiger charge is 2.13. The van der Waals surface area contributed by atoms with Crippen molar-refractivity contribution < 1.29 is 4.79 Å². The van der Waals surface area contributed by atoms with Crippen LogP contribution >= 0.6 is 27.3 Å². The number of carbonyl (C=O) groups excluding carboxylic acids is 1. The first kappa shape index (κ1) is 13.0. The van der Waals surface area contributed by atoms with Gasteiger partial charge in [0.2, 0.25) is 0 Å². The van der Waals surface area contributed by atoms with Crippen LogP contribution < -0.4 is 10.6 Å². The van der Waals surface area contributed by atoms with Crippen LogP contribution in [-0.2, 0) is 0 Å². The first-order chi connectivity index (χ1) is 8.60. The Kier molecular flexibility index (Phi) is 3.93. The molecule has 0 saturated carbocycles. The van der Waals surface area contributed by atoms with E-state index in [1.165, 1.54) is 11.3 Å². The van der Waals surface area contributed by atoms with E-state index in [1.54, 1.807) is 19.4 Å². The highest BCUT2D eigenvalue weighted by molar-refractivity contribution is 9.11. The van der Waals surface area contributed by atoms with Crippen molar-refractivity contribution in [3.63, 3.8) is 0 Å². The molecule has 0 spiro atoms. The van der Waals surface area contributed by atoms with Crippen molar-refractivity contribution in [3.05, 3.63) is 33.5 Å². The Labute approximate surface area is 117 Å². The third kappa shape index (κ3) is 2.85. The average Bonchev–Trinajstić information content (AvgIpc) is 2.74. The van der Waals surface area contributed by atoms with Crippen LogP contribution in [0.15, 0.2) is 22.2 Å². The van der Waals surface area contributed by atoms with Gasteiger partial charge in [-0.15, -0.1) is 0 Å². The molecule has 2 rings (SSSR count). The molecule has 0 atom stereocenters. The molecule has 18 heavy (non-hydrogen) atoms. The molecule has 0 aliphatic heterocycles. The van der Waals surface area contributed by atoms with Crippen molar-refractivity contribution in [2.24, 2.45) is 0 Å². The van der Waals surface area contributed by atoms with Crippen molar-refractivity contribution in [1.29, 1.82) is 0 Å². The fourth-order valence-electron chi connectivity index (χ4n) is 1.42. The van der Waals surface area contributed by atoms with Crippen molar-refractivity contribution in [2.75, 3.05) is 17.7 Å². The molecule has 0 aliphatic carbocycles. The number of rotatable bonds is 3. The van der Waals surface area contributed by atoms with E-state index in [0.29, 0.717) is 10.7 Å². The summed E-state index contributed by atoms with van der Waals surface area (Å²) in [5.41, 5.74) is 2.10. The zero-order chi connectivity index (χ0) is 13.1. The molecular weight excluding hydrogens is 316 g/mol. The second kappa shape index (κ2) is 5.45. The Morgan fingerprint density at radius 2 is 2.17 bits per heavy atom. The SMILES string of the molecule is CNc1cc(C)ncc1C(=O)Nc1ncc(Br)s1. The Morgan fingerprint density at radius 1 is 1.39 bits per heavy atom. The summed E-state index contributed by atoms with van der Waals surface area (Å²) in [4.78, 5) is 20.3. The van der Waals surface area contributed by atoms with Gasteiger partial charge in [-0.3, -0.25) is 15.1 Å². The van der Waals surface area contributed by atoms with E-state index in [9.17, 15) is 4.79 Å². The predicted octanol–water partition coefficient (Wildman–Crippen LogP) is 2.90. The van der Waals surface area contributed by atoms with Gasteiger partial charge < -0.3 is 5.32 Å². The van der Waals surface area contributed by atoms with Crippen LogP contribution in [0.4, 0.5) is 10.8 Å². The fourth-order valence-corrected chi connectivity index (χ4v) is 2.53. The van der Waals surface area contributed by atoms with Gasteiger partial charge in [-0.05, 0) is 28.9 Å². The molecular formula is C11H11BrN4OS. The summed E-state index contributed by atoms with van der Waals surface area (Å²) in [6.45, 7) is 1.88. The van der Waals surface area contributed by atoms with E-state index >= 15 is 0 Å². The third-order valence-electron chi connectivity index (χ3n) is 2.25. The molecule has 0 aliphatic rings. The van der Waals surface area contributed by atoms with E-state index in [0.717, 1.165) is 15.2 Å². The number of amides is 1. The second-order valence-corrected chi connectivity index (χ2v) is 5.95. The highest BCUT2D eigenvalue weighted by atomic mass is 79.9. The molecule has 0 fully saturated rings. The number of aryl methyl sites for hydroxylation is 1. The number of carbonyl (C=O) groups is 1. The van der Waals surface area contributed by atoms with Crippen LogP contribution in [-0.4, -0.2) is 22.9 Å². The van der Waals surface area contributed by atoms with Crippen LogP contribution in [0, 0.1) is 6.92 Å². The minimum absolute atomic E-state index is 0.228. The van der Waals surface area contributed by atoms with E-state index in [1.807, 2.05) is 13.0 Å². The number of nitrogens with zero attached hydrogens (tertiary/aromatic N) is 2. The smallest absolute Gasteiger partial charge is 0.261 e. The molecule has 2 N–H and O–H groups in total. The number of nitrogens with one attached hydrogen (secondary N) is 2. The molecule has 2 aromatic heterocycles. The number of halogens is 1. The van der Waals surface area contributed by atoms with Crippen LogP contribution in [0.1, 0.15) is 16.1 Å².